The Labute approximate surface area is 171 Å². The van der Waals surface area contributed by atoms with Crippen LogP contribution in [-0.4, -0.2) is 57.2 Å². The van der Waals surface area contributed by atoms with E-state index in [1.807, 2.05) is 54.6 Å². The summed E-state index contributed by atoms with van der Waals surface area (Å²) in [5.41, 5.74) is 1.82. The van der Waals surface area contributed by atoms with Crippen molar-refractivity contribution in [2.24, 2.45) is 0 Å². The highest BCUT2D eigenvalue weighted by molar-refractivity contribution is 5.85. The Hall–Kier alpha value is -3.30. The van der Waals surface area contributed by atoms with Crippen molar-refractivity contribution in [2.45, 2.75) is 12.5 Å². The minimum atomic E-state index is -0.728. The molecule has 0 heterocycles. The lowest BCUT2D eigenvalue weighted by Gasteiger charge is -2.19. The molecule has 0 aliphatic carbocycles. The zero-order valence-electron chi connectivity index (χ0n) is 17.0. The molecule has 0 saturated carbocycles. The Bertz CT molecular complexity index is 854. The van der Waals surface area contributed by atoms with Crippen molar-refractivity contribution in [1.29, 1.82) is 0 Å². The highest BCUT2D eigenvalue weighted by Gasteiger charge is 2.22. The molecule has 0 aromatic heterocycles. The van der Waals surface area contributed by atoms with Gasteiger partial charge in [0.1, 0.15) is 11.8 Å². The largest absolute Gasteiger partial charge is 0.497 e. The van der Waals surface area contributed by atoms with Gasteiger partial charge in [0.15, 0.2) is 0 Å². The number of methoxy groups -OCH3 is 2. The summed E-state index contributed by atoms with van der Waals surface area (Å²) >= 11 is 0. The molecule has 0 spiro atoms. The van der Waals surface area contributed by atoms with Crippen LogP contribution < -0.4 is 10.1 Å². The van der Waals surface area contributed by atoms with E-state index < -0.39 is 12.0 Å². The summed E-state index contributed by atoms with van der Waals surface area (Å²) in [5, 5.41) is 2.75. The van der Waals surface area contributed by atoms with Gasteiger partial charge in [-0.2, -0.15) is 0 Å². The van der Waals surface area contributed by atoms with Gasteiger partial charge in [-0.3, -0.25) is 9.69 Å². The quantitative estimate of drug-likeness (QED) is 0.547. The van der Waals surface area contributed by atoms with Crippen LogP contribution in [0.3, 0.4) is 0 Å². The summed E-state index contributed by atoms with van der Waals surface area (Å²) in [6, 6.07) is 16.2. The summed E-state index contributed by atoms with van der Waals surface area (Å²) in [5.74, 6) is 6.13. The zero-order valence-corrected chi connectivity index (χ0v) is 17.0. The standard InChI is InChI=1S/C23H26N2O4/c1-25(15-7-10-18-11-13-20(28-2)14-12-18)17-22(26)24-21(23(27)29-3)16-19-8-5-4-6-9-19/h4-6,8-9,11-14,21H,15-17H2,1-3H3,(H,24,26)/t21-/m0/s1. The lowest BCUT2D eigenvalue weighted by atomic mass is 10.1. The fourth-order valence-electron chi connectivity index (χ4n) is 2.68. The van der Waals surface area contributed by atoms with Crippen molar-refractivity contribution in [3.05, 3.63) is 65.7 Å². The van der Waals surface area contributed by atoms with Crippen LogP contribution in [0, 0.1) is 11.8 Å². The lowest BCUT2D eigenvalue weighted by Crippen LogP contribution is -2.46. The van der Waals surface area contributed by atoms with Gasteiger partial charge in [-0.05, 0) is 36.9 Å². The summed E-state index contributed by atoms with van der Waals surface area (Å²) < 4.78 is 9.94. The van der Waals surface area contributed by atoms with Gasteiger partial charge in [0.2, 0.25) is 5.91 Å². The second-order valence-electron chi connectivity index (χ2n) is 6.54. The number of carbonyl (C=O) groups excluding carboxylic acids is 2. The first-order chi connectivity index (χ1) is 14.0. The minimum Gasteiger partial charge on any atom is -0.497 e. The molecule has 0 radical (unpaired) electrons. The Kier molecular flexibility index (Phi) is 8.74. The molecule has 6 heteroatoms. The first kappa shape index (κ1) is 22.0. The average Bonchev–Trinajstić information content (AvgIpc) is 2.73. The van der Waals surface area contributed by atoms with Crippen LogP contribution in [0.2, 0.25) is 0 Å². The number of benzene rings is 2. The molecule has 152 valence electrons. The van der Waals surface area contributed by atoms with Gasteiger partial charge in [0, 0.05) is 12.0 Å². The second-order valence-corrected chi connectivity index (χ2v) is 6.54. The Morgan fingerprint density at radius 2 is 1.76 bits per heavy atom. The number of nitrogens with zero attached hydrogens (tertiary/aromatic N) is 1. The summed E-state index contributed by atoms with van der Waals surface area (Å²) in [6.45, 7) is 0.542. The second kappa shape index (κ2) is 11.5. The molecule has 2 aromatic carbocycles. The third kappa shape index (κ3) is 7.68. The highest BCUT2D eigenvalue weighted by atomic mass is 16.5. The first-order valence-corrected chi connectivity index (χ1v) is 9.24. The molecule has 0 fully saturated rings. The van der Waals surface area contributed by atoms with Gasteiger partial charge in [-0.1, -0.05) is 42.2 Å². The topological polar surface area (TPSA) is 67.9 Å². The number of rotatable bonds is 8. The van der Waals surface area contributed by atoms with Crippen LogP contribution in [0.15, 0.2) is 54.6 Å². The maximum atomic E-state index is 12.4. The van der Waals surface area contributed by atoms with Crippen LogP contribution in [-0.2, 0) is 20.7 Å². The van der Waals surface area contributed by atoms with Crippen molar-refractivity contribution in [3.8, 4) is 17.6 Å². The number of carbonyl (C=O) groups is 2. The van der Waals surface area contributed by atoms with Crippen molar-refractivity contribution in [3.63, 3.8) is 0 Å². The molecular weight excluding hydrogens is 368 g/mol. The molecule has 0 saturated heterocycles. The molecule has 0 aliphatic heterocycles. The Morgan fingerprint density at radius 3 is 2.38 bits per heavy atom. The smallest absolute Gasteiger partial charge is 0.328 e. The SMILES string of the molecule is COC(=O)[C@H](Cc1ccccc1)NC(=O)CN(C)CC#Cc1ccc(OC)cc1. The average molecular weight is 394 g/mol. The number of amides is 1. The van der Waals surface area contributed by atoms with E-state index in [1.54, 1.807) is 19.1 Å². The first-order valence-electron chi connectivity index (χ1n) is 9.24. The zero-order chi connectivity index (χ0) is 21.1. The molecule has 2 rings (SSSR count). The number of hydrogen-bond donors (Lipinski definition) is 1. The van der Waals surface area contributed by atoms with E-state index >= 15 is 0 Å². The van der Waals surface area contributed by atoms with Crippen LogP contribution in [0.25, 0.3) is 0 Å². The van der Waals surface area contributed by atoms with Gasteiger partial charge in [0.25, 0.3) is 0 Å². The highest BCUT2D eigenvalue weighted by Crippen LogP contribution is 2.10. The molecular formula is C23H26N2O4. The predicted molar refractivity (Wildman–Crippen MR) is 111 cm³/mol. The van der Waals surface area contributed by atoms with E-state index in [4.69, 9.17) is 9.47 Å². The van der Waals surface area contributed by atoms with Gasteiger partial charge in [-0.25, -0.2) is 4.79 Å². The molecule has 6 nitrogen and oxygen atoms in total. The lowest BCUT2D eigenvalue weighted by molar-refractivity contribution is -0.145. The number of ether oxygens (including phenoxy) is 2. The maximum Gasteiger partial charge on any atom is 0.328 e. The van der Waals surface area contributed by atoms with Crippen LogP contribution in [0.1, 0.15) is 11.1 Å². The number of likely N-dealkylation sites (N-methyl/N-ethyl adjacent to an activating group) is 1. The molecule has 2 aromatic rings. The number of nitrogens with one attached hydrogen (secondary N) is 1. The molecule has 1 N–H and O–H groups in total. The molecule has 29 heavy (non-hydrogen) atoms. The summed E-state index contributed by atoms with van der Waals surface area (Å²) in [6.07, 6.45) is 0.375. The monoisotopic (exact) mass is 394 g/mol. The van der Waals surface area contributed by atoms with Crippen molar-refractivity contribution in [2.75, 3.05) is 34.4 Å². The third-order valence-electron chi connectivity index (χ3n) is 4.19. The van der Waals surface area contributed by atoms with Crippen LogP contribution >= 0.6 is 0 Å². The van der Waals surface area contributed by atoms with E-state index in [2.05, 4.69) is 17.2 Å². The van der Waals surface area contributed by atoms with Gasteiger partial charge in [0.05, 0.1) is 27.3 Å². The Balaban J connectivity index is 1.86. The van der Waals surface area contributed by atoms with Crippen molar-refractivity contribution >= 4 is 11.9 Å². The van der Waals surface area contributed by atoms with Crippen LogP contribution in [0.4, 0.5) is 0 Å². The maximum absolute atomic E-state index is 12.4. The molecule has 1 amide bonds. The van der Waals surface area contributed by atoms with Crippen LogP contribution in [0.5, 0.6) is 5.75 Å². The van der Waals surface area contributed by atoms with Gasteiger partial charge in [-0.15, -0.1) is 0 Å². The molecule has 0 unspecified atom stereocenters. The van der Waals surface area contributed by atoms with E-state index in [-0.39, 0.29) is 12.5 Å². The number of hydrogen-bond acceptors (Lipinski definition) is 5. The van der Waals surface area contributed by atoms with Gasteiger partial charge >= 0.3 is 5.97 Å². The van der Waals surface area contributed by atoms with E-state index in [9.17, 15) is 9.59 Å². The fraction of sp³-hybridized carbons (Fsp3) is 0.304. The van der Waals surface area contributed by atoms with Crippen molar-refractivity contribution in [1.82, 2.24) is 10.2 Å². The molecule has 0 aliphatic rings. The summed E-state index contributed by atoms with van der Waals surface area (Å²) in [7, 11) is 4.73. The van der Waals surface area contributed by atoms with Crippen molar-refractivity contribution < 1.29 is 19.1 Å². The predicted octanol–water partition coefficient (Wildman–Crippen LogP) is 1.88. The van der Waals surface area contributed by atoms with Gasteiger partial charge < -0.3 is 14.8 Å². The van der Waals surface area contributed by atoms with E-state index in [1.165, 1.54) is 7.11 Å². The van der Waals surface area contributed by atoms with E-state index in [0.717, 1.165) is 16.9 Å². The summed E-state index contributed by atoms with van der Waals surface area (Å²) in [4.78, 5) is 26.2. The normalized spacial score (nSPS) is 11.2. The molecule has 0 bridgehead atoms. The minimum absolute atomic E-state index is 0.125. The number of esters is 1. The third-order valence-corrected chi connectivity index (χ3v) is 4.19. The molecule has 1 atom stereocenters. The van der Waals surface area contributed by atoms with E-state index in [0.29, 0.717) is 13.0 Å². The Morgan fingerprint density at radius 1 is 1.07 bits per heavy atom. The fourth-order valence-corrected chi connectivity index (χ4v) is 2.68.